The Hall–Kier alpha value is -0.450. The molecule has 0 bridgehead atoms. The molecule has 0 aromatic rings. The van der Waals surface area contributed by atoms with Crippen molar-refractivity contribution in [3.05, 3.63) is 0 Å². The smallest absolute Gasteiger partial charge is 0.143 e. The molecule has 0 aliphatic carbocycles. The van der Waals surface area contributed by atoms with Gasteiger partial charge in [-0.1, -0.05) is 0 Å². The Morgan fingerprint density at radius 1 is 1.45 bits per heavy atom. The minimum Gasteiger partial charge on any atom is -0.389 e. The van der Waals surface area contributed by atoms with Gasteiger partial charge in [-0.3, -0.25) is 9.69 Å². The van der Waals surface area contributed by atoms with Gasteiger partial charge in [0.2, 0.25) is 0 Å². The van der Waals surface area contributed by atoms with Crippen LogP contribution in [-0.4, -0.2) is 52.7 Å². The SMILES string of the molecule is CC(=O)CN1C[C@H](O)[C@@H](O)C1. The largest absolute Gasteiger partial charge is 0.389 e. The van der Waals surface area contributed by atoms with Crippen LogP contribution in [0.3, 0.4) is 0 Å². The summed E-state index contributed by atoms with van der Waals surface area (Å²) in [5.74, 6) is 0.0614. The number of nitrogens with zero attached hydrogens (tertiary/aromatic N) is 1. The number of aliphatic hydroxyl groups is 2. The third-order valence-corrected chi connectivity index (χ3v) is 1.78. The van der Waals surface area contributed by atoms with Crippen LogP contribution in [0.5, 0.6) is 0 Å². The van der Waals surface area contributed by atoms with E-state index in [1.165, 1.54) is 6.92 Å². The van der Waals surface area contributed by atoms with E-state index >= 15 is 0 Å². The van der Waals surface area contributed by atoms with Gasteiger partial charge in [0.25, 0.3) is 0 Å². The van der Waals surface area contributed by atoms with Crippen molar-refractivity contribution in [3.63, 3.8) is 0 Å². The summed E-state index contributed by atoms with van der Waals surface area (Å²) in [5, 5.41) is 18.2. The van der Waals surface area contributed by atoms with Crippen molar-refractivity contribution >= 4 is 5.78 Å². The number of carbonyl (C=O) groups excluding carboxylic acids is 1. The van der Waals surface area contributed by atoms with Gasteiger partial charge < -0.3 is 10.2 Å². The van der Waals surface area contributed by atoms with E-state index in [9.17, 15) is 4.79 Å². The normalized spacial score (nSPS) is 32.6. The lowest BCUT2D eigenvalue weighted by molar-refractivity contribution is -0.117. The molecule has 4 nitrogen and oxygen atoms in total. The van der Waals surface area contributed by atoms with Crippen molar-refractivity contribution in [1.29, 1.82) is 0 Å². The first-order valence-corrected chi connectivity index (χ1v) is 3.67. The molecule has 1 aliphatic rings. The Morgan fingerprint density at radius 3 is 2.27 bits per heavy atom. The molecule has 0 spiro atoms. The van der Waals surface area contributed by atoms with Crippen LogP contribution in [0.25, 0.3) is 0 Å². The zero-order valence-corrected chi connectivity index (χ0v) is 6.53. The van der Waals surface area contributed by atoms with E-state index in [4.69, 9.17) is 10.2 Å². The molecule has 1 heterocycles. The van der Waals surface area contributed by atoms with Crippen LogP contribution in [0.1, 0.15) is 6.92 Å². The average molecular weight is 159 g/mol. The second-order valence-corrected chi connectivity index (χ2v) is 3.03. The molecule has 1 aliphatic heterocycles. The van der Waals surface area contributed by atoms with Gasteiger partial charge in [-0.05, 0) is 6.92 Å². The van der Waals surface area contributed by atoms with Gasteiger partial charge in [-0.2, -0.15) is 0 Å². The van der Waals surface area contributed by atoms with Crippen molar-refractivity contribution in [3.8, 4) is 0 Å². The van der Waals surface area contributed by atoms with Crippen molar-refractivity contribution in [1.82, 2.24) is 4.90 Å². The summed E-state index contributed by atoms with van der Waals surface area (Å²) in [6, 6.07) is 0. The number of carbonyl (C=O) groups is 1. The average Bonchev–Trinajstić information content (AvgIpc) is 2.10. The first kappa shape index (κ1) is 8.64. The van der Waals surface area contributed by atoms with E-state index in [2.05, 4.69) is 0 Å². The van der Waals surface area contributed by atoms with E-state index in [-0.39, 0.29) is 5.78 Å². The van der Waals surface area contributed by atoms with Crippen LogP contribution in [-0.2, 0) is 4.79 Å². The number of aliphatic hydroxyl groups excluding tert-OH is 2. The van der Waals surface area contributed by atoms with Crippen LogP contribution in [0.4, 0.5) is 0 Å². The van der Waals surface area contributed by atoms with E-state index in [0.29, 0.717) is 19.6 Å². The maximum atomic E-state index is 10.6. The highest BCUT2D eigenvalue weighted by molar-refractivity contribution is 5.77. The maximum Gasteiger partial charge on any atom is 0.143 e. The van der Waals surface area contributed by atoms with Crippen LogP contribution in [0.2, 0.25) is 0 Å². The fourth-order valence-corrected chi connectivity index (χ4v) is 1.29. The van der Waals surface area contributed by atoms with Gasteiger partial charge in [0.1, 0.15) is 5.78 Å². The standard InChI is InChI=1S/C7H13NO3/c1-5(9)2-8-3-6(10)7(11)4-8/h6-7,10-11H,2-4H2,1H3/t6-,7-/m0/s1. The molecule has 0 saturated carbocycles. The van der Waals surface area contributed by atoms with E-state index in [0.717, 1.165) is 0 Å². The number of rotatable bonds is 2. The molecule has 1 fully saturated rings. The third kappa shape index (κ3) is 2.25. The summed E-state index contributed by atoms with van der Waals surface area (Å²) in [6.07, 6.45) is -1.37. The van der Waals surface area contributed by atoms with E-state index in [1.54, 1.807) is 4.90 Å². The van der Waals surface area contributed by atoms with Gasteiger partial charge in [-0.25, -0.2) is 0 Å². The summed E-state index contributed by atoms with van der Waals surface area (Å²) >= 11 is 0. The molecule has 0 aromatic heterocycles. The van der Waals surface area contributed by atoms with Crippen molar-refractivity contribution < 1.29 is 15.0 Å². The molecular weight excluding hydrogens is 146 g/mol. The zero-order valence-electron chi connectivity index (χ0n) is 6.53. The fourth-order valence-electron chi connectivity index (χ4n) is 1.29. The first-order valence-electron chi connectivity index (χ1n) is 3.67. The molecule has 0 amide bonds. The van der Waals surface area contributed by atoms with Crippen LogP contribution >= 0.6 is 0 Å². The predicted molar refractivity (Wildman–Crippen MR) is 39.1 cm³/mol. The van der Waals surface area contributed by atoms with Gasteiger partial charge in [0.15, 0.2) is 0 Å². The predicted octanol–water partition coefficient (Wildman–Crippen LogP) is -1.39. The quantitative estimate of drug-likeness (QED) is 0.521. The minimum atomic E-state index is -0.686. The summed E-state index contributed by atoms with van der Waals surface area (Å²) in [7, 11) is 0. The Kier molecular flexibility index (Phi) is 2.59. The first-order chi connectivity index (χ1) is 5.09. The highest BCUT2D eigenvalue weighted by atomic mass is 16.3. The maximum absolute atomic E-state index is 10.6. The van der Waals surface area contributed by atoms with Crippen LogP contribution < -0.4 is 0 Å². The summed E-state index contributed by atoms with van der Waals surface area (Å²) < 4.78 is 0. The number of β-amino-alcohol motifs (C(OH)–C–C–N with tert-alkyl or cyclic N) is 2. The van der Waals surface area contributed by atoms with Crippen LogP contribution in [0.15, 0.2) is 0 Å². The topological polar surface area (TPSA) is 60.8 Å². The third-order valence-electron chi connectivity index (χ3n) is 1.78. The fraction of sp³-hybridized carbons (Fsp3) is 0.857. The monoisotopic (exact) mass is 159 g/mol. The summed E-state index contributed by atoms with van der Waals surface area (Å²) in [4.78, 5) is 12.4. The van der Waals surface area contributed by atoms with Crippen molar-refractivity contribution in [2.45, 2.75) is 19.1 Å². The molecule has 0 unspecified atom stereocenters. The van der Waals surface area contributed by atoms with Gasteiger partial charge >= 0.3 is 0 Å². The van der Waals surface area contributed by atoms with Gasteiger partial charge in [0.05, 0.1) is 18.8 Å². The number of hydrogen-bond donors (Lipinski definition) is 2. The molecule has 4 heteroatoms. The van der Waals surface area contributed by atoms with Gasteiger partial charge in [-0.15, -0.1) is 0 Å². The van der Waals surface area contributed by atoms with Gasteiger partial charge in [0, 0.05) is 13.1 Å². The second kappa shape index (κ2) is 3.30. The number of hydrogen-bond acceptors (Lipinski definition) is 4. The van der Waals surface area contributed by atoms with Crippen molar-refractivity contribution in [2.24, 2.45) is 0 Å². The molecule has 64 valence electrons. The summed E-state index contributed by atoms with van der Waals surface area (Å²) in [6.45, 7) is 2.63. The zero-order chi connectivity index (χ0) is 8.43. The molecule has 1 saturated heterocycles. The lowest BCUT2D eigenvalue weighted by atomic mass is 10.3. The molecule has 11 heavy (non-hydrogen) atoms. The molecule has 0 radical (unpaired) electrons. The second-order valence-electron chi connectivity index (χ2n) is 3.03. The lowest BCUT2D eigenvalue weighted by Gasteiger charge is -2.10. The Labute approximate surface area is 65.4 Å². The highest BCUT2D eigenvalue weighted by Gasteiger charge is 2.29. The molecule has 0 aromatic carbocycles. The van der Waals surface area contributed by atoms with Crippen LogP contribution in [0, 0.1) is 0 Å². The summed E-state index contributed by atoms with van der Waals surface area (Å²) in [5.41, 5.74) is 0. The van der Waals surface area contributed by atoms with E-state index < -0.39 is 12.2 Å². The van der Waals surface area contributed by atoms with Crippen molar-refractivity contribution in [2.75, 3.05) is 19.6 Å². The molecule has 1 rings (SSSR count). The Balaban J connectivity index is 2.35. The molecule has 2 atom stereocenters. The molecular formula is C7H13NO3. The Morgan fingerprint density at radius 2 is 1.91 bits per heavy atom. The van der Waals surface area contributed by atoms with E-state index in [1.807, 2.05) is 0 Å². The minimum absolute atomic E-state index is 0.0614. The highest BCUT2D eigenvalue weighted by Crippen LogP contribution is 2.08. The Bertz CT molecular complexity index is 150. The molecule has 2 N–H and O–H groups in total. The number of likely N-dealkylation sites (tertiary alicyclic amines) is 1. The number of ketones is 1. The lowest BCUT2D eigenvalue weighted by Crippen LogP contribution is -2.27. The number of Topliss-reactive ketones (excluding diaryl/α,β-unsaturated/α-hetero) is 1.